The molecular weight excluding hydrogens is 222 g/mol. The third kappa shape index (κ3) is 2.30. The van der Waals surface area contributed by atoms with Crippen molar-refractivity contribution in [3.63, 3.8) is 0 Å². The van der Waals surface area contributed by atoms with Gasteiger partial charge >= 0.3 is 0 Å². The number of anilines is 1. The van der Waals surface area contributed by atoms with Gasteiger partial charge in [0, 0.05) is 23.8 Å². The van der Waals surface area contributed by atoms with Gasteiger partial charge in [0.05, 0.1) is 6.54 Å². The molecule has 0 aliphatic rings. The molecule has 2 rings (SSSR count). The first-order chi connectivity index (χ1) is 7.81. The number of thiophene rings is 1. The molecule has 2 aromatic rings. The Hall–Kier alpha value is -1.62. The number of hydrogen-bond acceptors (Lipinski definition) is 4. The van der Waals surface area contributed by atoms with Crippen LogP contribution in [-0.4, -0.2) is 9.55 Å². The Morgan fingerprint density at radius 2 is 2.44 bits per heavy atom. The van der Waals surface area contributed by atoms with Crippen LogP contribution in [0.15, 0.2) is 34.7 Å². The first-order valence-corrected chi connectivity index (χ1v) is 6.01. The fourth-order valence-electron chi connectivity index (χ4n) is 1.40. The highest BCUT2D eigenvalue weighted by molar-refractivity contribution is 7.09. The van der Waals surface area contributed by atoms with Crippen LogP contribution >= 0.6 is 11.3 Å². The summed E-state index contributed by atoms with van der Waals surface area (Å²) in [6, 6.07) is 4.02. The van der Waals surface area contributed by atoms with E-state index in [-0.39, 0.29) is 5.56 Å². The summed E-state index contributed by atoms with van der Waals surface area (Å²) >= 11 is 1.66. The fourth-order valence-corrected chi connectivity index (χ4v) is 2.05. The predicted molar refractivity (Wildman–Crippen MR) is 65.8 cm³/mol. The lowest BCUT2D eigenvalue weighted by molar-refractivity contribution is 0.718. The number of rotatable bonds is 4. The van der Waals surface area contributed by atoms with Crippen molar-refractivity contribution in [1.29, 1.82) is 0 Å². The first kappa shape index (κ1) is 10.9. The van der Waals surface area contributed by atoms with E-state index in [1.165, 1.54) is 4.88 Å². The van der Waals surface area contributed by atoms with Gasteiger partial charge < -0.3 is 9.88 Å². The average molecular weight is 235 g/mol. The molecule has 84 valence electrons. The summed E-state index contributed by atoms with van der Waals surface area (Å²) in [7, 11) is 0. The number of aromatic nitrogens is 2. The van der Waals surface area contributed by atoms with Gasteiger partial charge in [-0.25, -0.2) is 4.98 Å². The van der Waals surface area contributed by atoms with Crippen molar-refractivity contribution in [2.45, 2.75) is 20.0 Å². The summed E-state index contributed by atoms with van der Waals surface area (Å²) in [5.74, 6) is 0.415. The Morgan fingerprint density at radius 1 is 1.56 bits per heavy atom. The van der Waals surface area contributed by atoms with E-state index in [2.05, 4.69) is 10.3 Å². The van der Waals surface area contributed by atoms with Crippen LogP contribution in [0.2, 0.25) is 0 Å². The maximum absolute atomic E-state index is 11.8. The Bertz CT molecular complexity index is 504. The summed E-state index contributed by atoms with van der Waals surface area (Å²) in [6.45, 7) is 3.24. The number of hydrogen-bond donors (Lipinski definition) is 1. The van der Waals surface area contributed by atoms with E-state index in [0.29, 0.717) is 18.9 Å². The molecule has 0 fully saturated rings. The minimum atomic E-state index is -0.0680. The van der Waals surface area contributed by atoms with Crippen LogP contribution in [0.4, 0.5) is 5.82 Å². The van der Waals surface area contributed by atoms with E-state index in [9.17, 15) is 4.79 Å². The molecule has 0 saturated heterocycles. The van der Waals surface area contributed by atoms with E-state index in [0.717, 1.165) is 0 Å². The molecule has 0 atom stereocenters. The van der Waals surface area contributed by atoms with Crippen LogP contribution in [-0.2, 0) is 13.1 Å². The number of aryl methyl sites for hydroxylation is 1. The third-order valence-corrected chi connectivity index (χ3v) is 3.14. The zero-order valence-corrected chi connectivity index (χ0v) is 9.83. The maximum Gasteiger partial charge on any atom is 0.293 e. The van der Waals surface area contributed by atoms with Crippen molar-refractivity contribution in [3.8, 4) is 0 Å². The van der Waals surface area contributed by atoms with Crippen molar-refractivity contribution >= 4 is 17.2 Å². The predicted octanol–water partition coefficient (Wildman–Crippen LogP) is 1.94. The quantitative estimate of drug-likeness (QED) is 0.881. The molecule has 0 spiro atoms. The molecule has 0 unspecified atom stereocenters. The van der Waals surface area contributed by atoms with Gasteiger partial charge in [-0.1, -0.05) is 6.07 Å². The second kappa shape index (κ2) is 4.94. The van der Waals surface area contributed by atoms with Crippen LogP contribution in [0.3, 0.4) is 0 Å². The lowest BCUT2D eigenvalue weighted by Crippen LogP contribution is -2.23. The molecule has 0 bridgehead atoms. The molecule has 0 amide bonds. The highest BCUT2D eigenvalue weighted by Gasteiger charge is 2.03. The van der Waals surface area contributed by atoms with Crippen molar-refractivity contribution in [2.75, 3.05) is 5.32 Å². The van der Waals surface area contributed by atoms with Crippen LogP contribution in [0, 0.1) is 0 Å². The Labute approximate surface area is 97.6 Å². The normalized spacial score (nSPS) is 10.3. The summed E-state index contributed by atoms with van der Waals surface area (Å²) in [6.07, 6.45) is 3.33. The highest BCUT2D eigenvalue weighted by atomic mass is 32.1. The smallest absolute Gasteiger partial charge is 0.293 e. The monoisotopic (exact) mass is 235 g/mol. The van der Waals surface area contributed by atoms with Crippen LogP contribution in [0.5, 0.6) is 0 Å². The van der Waals surface area contributed by atoms with Gasteiger partial charge in [0.15, 0.2) is 5.82 Å². The summed E-state index contributed by atoms with van der Waals surface area (Å²) in [5.41, 5.74) is -0.0680. The highest BCUT2D eigenvalue weighted by Crippen LogP contribution is 2.09. The van der Waals surface area contributed by atoms with Gasteiger partial charge in [0.25, 0.3) is 5.56 Å². The van der Waals surface area contributed by atoms with Gasteiger partial charge in [0.1, 0.15) is 0 Å². The fraction of sp³-hybridized carbons (Fsp3) is 0.273. The number of nitrogens with one attached hydrogen (secondary N) is 1. The molecule has 2 heterocycles. The van der Waals surface area contributed by atoms with Gasteiger partial charge in [-0.15, -0.1) is 11.3 Å². The summed E-state index contributed by atoms with van der Waals surface area (Å²) in [4.78, 5) is 17.0. The van der Waals surface area contributed by atoms with Crippen LogP contribution < -0.4 is 10.9 Å². The van der Waals surface area contributed by atoms with E-state index >= 15 is 0 Å². The SMILES string of the molecule is CCn1ccnc(NCc2cccs2)c1=O. The minimum Gasteiger partial charge on any atom is -0.361 e. The second-order valence-electron chi connectivity index (χ2n) is 3.30. The molecule has 0 radical (unpaired) electrons. The van der Waals surface area contributed by atoms with E-state index in [4.69, 9.17) is 0 Å². The van der Waals surface area contributed by atoms with Gasteiger partial charge in [-0.3, -0.25) is 4.79 Å². The lowest BCUT2D eigenvalue weighted by Gasteiger charge is -2.05. The topological polar surface area (TPSA) is 46.9 Å². The molecule has 16 heavy (non-hydrogen) atoms. The molecule has 2 aromatic heterocycles. The standard InChI is InChI=1S/C11H13N3OS/c1-2-14-6-5-12-10(11(14)15)13-8-9-4-3-7-16-9/h3-7H,2,8H2,1H3,(H,12,13). The van der Waals surface area contributed by atoms with Crippen LogP contribution in [0.1, 0.15) is 11.8 Å². The van der Waals surface area contributed by atoms with Gasteiger partial charge in [0.2, 0.25) is 0 Å². The molecule has 5 heteroatoms. The van der Waals surface area contributed by atoms with Crippen molar-refractivity contribution in [3.05, 3.63) is 45.1 Å². The maximum atomic E-state index is 11.8. The zero-order chi connectivity index (χ0) is 11.4. The summed E-state index contributed by atoms with van der Waals surface area (Å²) in [5, 5.41) is 5.07. The largest absolute Gasteiger partial charge is 0.361 e. The second-order valence-corrected chi connectivity index (χ2v) is 4.33. The Morgan fingerprint density at radius 3 is 3.12 bits per heavy atom. The van der Waals surface area contributed by atoms with Crippen molar-refractivity contribution in [1.82, 2.24) is 9.55 Å². The van der Waals surface area contributed by atoms with Gasteiger partial charge in [-0.05, 0) is 18.4 Å². The average Bonchev–Trinajstić information content (AvgIpc) is 2.81. The molecular formula is C11H13N3OS. The number of nitrogens with zero attached hydrogens (tertiary/aromatic N) is 2. The molecule has 0 aliphatic carbocycles. The van der Waals surface area contributed by atoms with E-state index in [1.54, 1.807) is 28.3 Å². The molecule has 0 aromatic carbocycles. The lowest BCUT2D eigenvalue weighted by atomic mass is 10.4. The summed E-state index contributed by atoms with van der Waals surface area (Å²) < 4.78 is 1.63. The Kier molecular flexibility index (Phi) is 3.36. The first-order valence-electron chi connectivity index (χ1n) is 5.13. The zero-order valence-electron chi connectivity index (χ0n) is 9.01. The molecule has 0 saturated carbocycles. The molecule has 1 N–H and O–H groups in total. The van der Waals surface area contributed by atoms with Crippen molar-refractivity contribution < 1.29 is 0 Å². The molecule has 4 nitrogen and oxygen atoms in total. The Balaban J connectivity index is 2.13. The minimum absolute atomic E-state index is 0.0680. The van der Waals surface area contributed by atoms with Gasteiger partial charge in [-0.2, -0.15) is 0 Å². The van der Waals surface area contributed by atoms with Crippen molar-refractivity contribution in [2.24, 2.45) is 0 Å². The third-order valence-electron chi connectivity index (χ3n) is 2.26. The van der Waals surface area contributed by atoms with E-state index in [1.807, 2.05) is 24.4 Å². The van der Waals surface area contributed by atoms with E-state index < -0.39 is 0 Å². The molecule has 0 aliphatic heterocycles. The van der Waals surface area contributed by atoms with Crippen LogP contribution in [0.25, 0.3) is 0 Å².